The maximum Gasteiger partial charge on any atom is 0.353 e. The molecule has 0 radical (unpaired) electrons. The van der Waals surface area contributed by atoms with E-state index in [9.17, 15) is 19.5 Å². The first-order chi connectivity index (χ1) is 9.50. The Labute approximate surface area is 127 Å². The van der Waals surface area contributed by atoms with Gasteiger partial charge in [-0.15, -0.1) is 23.5 Å². The Hall–Kier alpha value is -0.640. The van der Waals surface area contributed by atoms with E-state index in [-0.39, 0.29) is 27.3 Å². The first-order valence-electron chi connectivity index (χ1n) is 6.00. The first kappa shape index (κ1) is 14.3. The zero-order valence-electron chi connectivity index (χ0n) is 10.3. The van der Waals surface area contributed by atoms with Gasteiger partial charge in [-0.25, -0.2) is 4.79 Å². The topological polar surface area (TPSA) is 101 Å². The Bertz CT molecular complexity index is 536. The Balaban J connectivity index is 1.88. The van der Waals surface area contributed by atoms with Crippen LogP contribution in [-0.4, -0.2) is 55.2 Å². The van der Waals surface area contributed by atoms with E-state index in [0.29, 0.717) is 10.7 Å². The summed E-state index contributed by atoms with van der Waals surface area (Å²) in [5, 5.41) is 8.97. The predicted octanol–water partition coefficient (Wildman–Crippen LogP) is 0.290. The van der Waals surface area contributed by atoms with Crippen LogP contribution in [0.5, 0.6) is 0 Å². The number of thioether (sulfide) groups is 3. The molecular formula is C11H12N2O4S3. The zero-order valence-corrected chi connectivity index (χ0v) is 12.7. The smallest absolute Gasteiger partial charge is 0.353 e. The second-order valence-corrected chi connectivity index (χ2v) is 8.08. The van der Waals surface area contributed by atoms with Crippen LogP contribution < -0.4 is 5.73 Å². The van der Waals surface area contributed by atoms with Crippen LogP contribution in [0.15, 0.2) is 10.6 Å². The van der Waals surface area contributed by atoms with Gasteiger partial charge in [0.05, 0.1) is 5.25 Å². The zero-order chi connectivity index (χ0) is 14.4. The number of hydrogen-bond acceptors (Lipinski definition) is 7. The lowest BCUT2D eigenvalue weighted by Crippen LogP contribution is -2.68. The number of hydrogen-bond donors (Lipinski definition) is 2. The molecule has 3 N–H and O–H groups in total. The third-order valence-electron chi connectivity index (χ3n) is 3.35. The number of rotatable bonds is 3. The van der Waals surface area contributed by atoms with Crippen molar-refractivity contribution in [2.24, 2.45) is 5.73 Å². The molecule has 3 aliphatic rings. The van der Waals surface area contributed by atoms with Crippen molar-refractivity contribution in [2.45, 2.75) is 23.1 Å². The summed E-state index contributed by atoms with van der Waals surface area (Å²) in [6.07, 6.45) is 0.742. The van der Waals surface area contributed by atoms with Crippen LogP contribution in [0.4, 0.5) is 0 Å². The highest BCUT2D eigenvalue weighted by Gasteiger charge is 2.52. The maximum absolute atomic E-state index is 11.8. The lowest BCUT2D eigenvalue weighted by molar-refractivity contribution is -0.147. The van der Waals surface area contributed by atoms with Gasteiger partial charge in [-0.3, -0.25) is 14.5 Å². The molecule has 0 bridgehead atoms. The van der Waals surface area contributed by atoms with Gasteiger partial charge in [-0.1, -0.05) is 11.8 Å². The number of fused-ring (bicyclic) bond motifs is 1. The normalized spacial score (nSPS) is 33.2. The molecule has 9 heteroatoms. The fraction of sp³-hybridized carbons (Fsp3) is 0.545. The summed E-state index contributed by atoms with van der Waals surface area (Å²) >= 11 is 4.03. The van der Waals surface area contributed by atoms with E-state index in [2.05, 4.69) is 0 Å². The number of nitrogens with two attached hydrogens (primary N) is 1. The van der Waals surface area contributed by atoms with E-state index in [1.165, 1.54) is 40.2 Å². The van der Waals surface area contributed by atoms with Crippen molar-refractivity contribution >= 4 is 52.3 Å². The van der Waals surface area contributed by atoms with Crippen molar-refractivity contribution in [2.75, 3.05) is 11.5 Å². The highest BCUT2D eigenvalue weighted by Crippen LogP contribution is 2.45. The molecule has 3 heterocycles. The number of carbonyl (C=O) groups excluding carboxylic acids is 2. The van der Waals surface area contributed by atoms with Crippen LogP contribution in [0.2, 0.25) is 0 Å². The summed E-state index contributed by atoms with van der Waals surface area (Å²) in [5.74, 6) is -0.223. The second kappa shape index (κ2) is 5.28. The fourth-order valence-electron chi connectivity index (χ4n) is 2.33. The minimum absolute atomic E-state index is 0.00940. The monoisotopic (exact) mass is 332 g/mol. The van der Waals surface area contributed by atoms with Crippen molar-refractivity contribution in [3.05, 3.63) is 10.6 Å². The lowest BCUT2D eigenvalue weighted by atomic mass is 10.1. The SMILES string of the molecule is N[C@@H]1C(=O)N2C(C(=O)O)=C(SC3CCSC3=O)CS[C@H]12. The Morgan fingerprint density at radius 1 is 1.45 bits per heavy atom. The molecule has 0 aromatic heterocycles. The van der Waals surface area contributed by atoms with E-state index >= 15 is 0 Å². The summed E-state index contributed by atoms with van der Waals surface area (Å²) in [4.78, 5) is 36.7. The van der Waals surface area contributed by atoms with Crippen molar-refractivity contribution in [1.29, 1.82) is 0 Å². The molecule has 0 aliphatic carbocycles. The second-order valence-electron chi connectivity index (χ2n) is 4.58. The van der Waals surface area contributed by atoms with E-state index in [1.807, 2.05) is 0 Å². The summed E-state index contributed by atoms with van der Waals surface area (Å²) < 4.78 is 0. The first-order valence-corrected chi connectivity index (χ1v) is 8.92. The molecule has 1 unspecified atom stereocenters. The van der Waals surface area contributed by atoms with Gasteiger partial charge in [0.25, 0.3) is 0 Å². The molecule has 2 fully saturated rings. The number of aliphatic carboxylic acids is 1. The van der Waals surface area contributed by atoms with E-state index in [4.69, 9.17) is 5.73 Å². The number of nitrogens with zero attached hydrogens (tertiary/aromatic N) is 1. The summed E-state index contributed by atoms with van der Waals surface area (Å²) in [5.41, 5.74) is 5.69. The average Bonchev–Trinajstić information content (AvgIpc) is 2.82. The molecule has 0 aromatic carbocycles. The summed E-state index contributed by atoms with van der Waals surface area (Å²) in [6.45, 7) is 0. The lowest BCUT2D eigenvalue weighted by Gasteiger charge is -2.47. The minimum atomic E-state index is -1.13. The third kappa shape index (κ3) is 2.16. The third-order valence-corrected chi connectivity index (χ3v) is 7.35. The predicted molar refractivity (Wildman–Crippen MR) is 79.2 cm³/mol. The summed E-state index contributed by atoms with van der Waals surface area (Å²) in [7, 11) is 0. The number of carboxylic acid groups (broad SMARTS) is 1. The van der Waals surface area contributed by atoms with Crippen LogP contribution >= 0.6 is 35.3 Å². The molecule has 0 saturated carbocycles. The molecule has 6 nitrogen and oxygen atoms in total. The quantitative estimate of drug-likeness (QED) is 0.711. The van der Waals surface area contributed by atoms with Gasteiger partial charge in [0, 0.05) is 16.4 Å². The number of carbonyl (C=O) groups is 3. The van der Waals surface area contributed by atoms with E-state index in [0.717, 1.165) is 12.2 Å². The molecule has 3 aliphatic heterocycles. The molecule has 108 valence electrons. The van der Waals surface area contributed by atoms with Gasteiger partial charge in [0.2, 0.25) is 11.0 Å². The minimum Gasteiger partial charge on any atom is -0.477 e. The van der Waals surface area contributed by atoms with Crippen LogP contribution in [0, 0.1) is 0 Å². The van der Waals surface area contributed by atoms with Gasteiger partial charge in [0.1, 0.15) is 17.1 Å². The highest BCUT2D eigenvalue weighted by atomic mass is 32.2. The van der Waals surface area contributed by atoms with Crippen LogP contribution in [0.3, 0.4) is 0 Å². The molecular weight excluding hydrogens is 320 g/mol. The maximum atomic E-state index is 11.8. The number of carboxylic acids is 1. The Morgan fingerprint density at radius 3 is 2.80 bits per heavy atom. The van der Waals surface area contributed by atoms with E-state index in [1.54, 1.807) is 0 Å². The van der Waals surface area contributed by atoms with Gasteiger partial charge in [-0.2, -0.15) is 0 Å². The van der Waals surface area contributed by atoms with Gasteiger partial charge in [-0.05, 0) is 6.42 Å². The van der Waals surface area contributed by atoms with E-state index < -0.39 is 12.0 Å². The standard InChI is InChI=1S/C11H12N2O4S3/c12-6-8(14)13-7(10(15)16)5(3-19-9(6)13)20-4-1-2-18-11(4)17/h4,6,9H,1-3,12H2,(H,15,16)/t4?,6-,9-/m1/s1. The highest BCUT2D eigenvalue weighted by molar-refractivity contribution is 8.17. The number of amides is 1. The van der Waals surface area contributed by atoms with Crippen molar-refractivity contribution in [1.82, 2.24) is 4.90 Å². The molecule has 0 spiro atoms. The van der Waals surface area contributed by atoms with Crippen molar-refractivity contribution in [3.8, 4) is 0 Å². The van der Waals surface area contributed by atoms with Crippen molar-refractivity contribution in [3.63, 3.8) is 0 Å². The van der Waals surface area contributed by atoms with Crippen LogP contribution in [0.1, 0.15) is 6.42 Å². The number of β-lactam (4-membered cyclic amide) rings is 1. The molecule has 1 amide bonds. The largest absolute Gasteiger partial charge is 0.477 e. The molecule has 20 heavy (non-hydrogen) atoms. The molecule has 3 atom stereocenters. The molecule has 2 saturated heterocycles. The molecule has 0 aromatic rings. The molecule has 3 rings (SSSR count). The van der Waals surface area contributed by atoms with Crippen LogP contribution in [-0.2, 0) is 14.4 Å². The van der Waals surface area contributed by atoms with Gasteiger partial charge < -0.3 is 10.8 Å². The van der Waals surface area contributed by atoms with Gasteiger partial charge >= 0.3 is 5.97 Å². The Morgan fingerprint density at radius 2 is 2.20 bits per heavy atom. The van der Waals surface area contributed by atoms with Gasteiger partial charge in [0.15, 0.2) is 0 Å². The Kier molecular flexibility index (Phi) is 3.78. The summed E-state index contributed by atoms with van der Waals surface area (Å²) in [6, 6.07) is -0.621. The van der Waals surface area contributed by atoms with Crippen LogP contribution in [0.25, 0.3) is 0 Å². The van der Waals surface area contributed by atoms with Crippen molar-refractivity contribution < 1.29 is 19.5 Å². The average molecular weight is 332 g/mol. The fourth-order valence-corrected chi connectivity index (χ4v) is 6.28.